The van der Waals surface area contributed by atoms with Crippen LogP contribution in [0.2, 0.25) is 0 Å². The first kappa shape index (κ1) is 12.2. The molecule has 1 heterocycles. The molecule has 17 heavy (non-hydrogen) atoms. The van der Waals surface area contributed by atoms with E-state index in [1.165, 1.54) is 12.1 Å². The van der Waals surface area contributed by atoms with Gasteiger partial charge < -0.3 is 15.4 Å². The van der Waals surface area contributed by atoms with Gasteiger partial charge in [-0.05, 0) is 30.0 Å². The molecule has 0 atom stereocenters. The maximum atomic E-state index is 5.71. The van der Waals surface area contributed by atoms with Crippen molar-refractivity contribution >= 4 is 5.69 Å². The first-order valence-corrected chi connectivity index (χ1v) is 6.41. The van der Waals surface area contributed by atoms with Crippen molar-refractivity contribution < 1.29 is 4.74 Å². The van der Waals surface area contributed by atoms with E-state index in [1.54, 1.807) is 0 Å². The van der Waals surface area contributed by atoms with Crippen molar-refractivity contribution in [1.82, 2.24) is 0 Å². The van der Waals surface area contributed by atoms with Crippen molar-refractivity contribution in [3.05, 3.63) is 23.8 Å². The quantitative estimate of drug-likeness (QED) is 0.869. The fraction of sp³-hybridized carbons (Fsp3) is 0.571. The van der Waals surface area contributed by atoms with Crippen LogP contribution in [0.1, 0.15) is 25.8 Å². The van der Waals surface area contributed by atoms with E-state index in [2.05, 4.69) is 36.9 Å². The predicted octanol–water partition coefficient (Wildman–Crippen LogP) is 2.39. The van der Waals surface area contributed by atoms with Crippen LogP contribution >= 0.6 is 0 Å². The highest BCUT2D eigenvalue weighted by atomic mass is 16.5. The van der Waals surface area contributed by atoms with Gasteiger partial charge in [-0.15, -0.1) is 0 Å². The molecule has 0 spiro atoms. The van der Waals surface area contributed by atoms with Gasteiger partial charge in [-0.25, -0.2) is 0 Å². The molecule has 0 bridgehead atoms. The minimum atomic E-state index is 0.572. The number of fused-ring (bicyclic) bond motifs is 1. The molecule has 0 unspecified atom stereocenters. The van der Waals surface area contributed by atoms with Crippen LogP contribution in [0, 0.1) is 5.92 Å². The molecule has 1 aromatic rings. The molecule has 2 rings (SSSR count). The number of hydrogen-bond donors (Lipinski definition) is 1. The Hall–Kier alpha value is -1.22. The molecular weight excluding hydrogens is 212 g/mol. The van der Waals surface area contributed by atoms with Crippen LogP contribution in [0.5, 0.6) is 5.75 Å². The van der Waals surface area contributed by atoms with Gasteiger partial charge in [0.2, 0.25) is 0 Å². The zero-order valence-corrected chi connectivity index (χ0v) is 10.8. The predicted molar refractivity (Wildman–Crippen MR) is 71.5 cm³/mol. The van der Waals surface area contributed by atoms with E-state index in [0.717, 1.165) is 36.9 Å². The largest absolute Gasteiger partial charge is 0.490 e. The molecule has 0 saturated heterocycles. The van der Waals surface area contributed by atoms with E-state index in [9.17, 15) is 0 Å². The molecule has 2 N–H and O–H groups in total. The van der Waals surface area contributed by atoms with Crippen LogP contribution in [-0.4, -0.2) is 19.7 Å². The number of ether oxygens (including phenoxy) is 1. The number of hydrogen-bond acceptors (Lipinski definition) is 3. The monoisotopic (exact) mass is 234 g/mol. The summed E-state index contributed by atoms with van der Waals surface area (Å²) in [6, 6.07) is 6.30. The van der Waals surface area contributed by atoms with Crippen LogP contribution in [0.15, 0.2) is 18.2 Å². The molecule has 1 aliphatic rings. The van der Waals surface area contributed by atoms with Crippen LogP contribution < -0.4 is 15.4 Å². The summed E-state index contributed by atoms with van der Waals surface area (Å²) in [5, 5.41) is 0. The fourth-order valence-electron chi connectivity index (χ4n) is 2.09. The van der Waals surface area contributed by atoms with E-state index in [0.29, 0.717) is 6.54 Å². The van der Waals surface area contributed by atoms with E-state index in [1.807, 2.05) is 0 Å². The number of rotatable bonds is 4. The van der Waals surface area contributed by atoms with Crippen molar-refractivity contribution in [3.8, 4) is 5.75 Å². The summed E-state index contributed by atoms with van der Waals surface area (Å²) in [4.78, 5) is 2.42. The molecule has 0 aromatic heterocycles. The normalized spacial score (nSPS) is 14.7. The average Bonchev–Trinajstić information content (AvgIpc) is 2.35. The highest BCUT2D eigenvalue weighted by Gasteiger charge is 2.17. The van der Waals surface area contributed by atoms with E-state index in [-0.39, 0.29) is 0 Å². The molecular formula is C14H22N2O. The van der Waals surface area contributed by atoms with Crippen molar-refractivity contribution in [2.24, 2.45) is 11.7 Å². The van der Waals surface area contributed by atoms with Gasteiger partial charge >= 0.3 is 0 Å². The van der Waals surface area contributed by atoms with Crippen molar-refractivity contribution in [1.29, 1.82) is 0 Å². The van der Waals surface area contributed by atoms with Crippen LogP contribution in [0.3, 0.4) is 0 Å². The van der Waals surface area contributed by atoms with Crippen LogP contribution in [0.4, 0.5) is 5.69 Å². The van der Waals surface area contributed by atoms with Crippen molar-refractivity contribution in [2.45, 2.75) is 26.8 Å². The summed E-state index contributed by atoms with van der Waals surface area (Å²) in [5.74, 6) is 1.73. The van der Waals surface area contributed by atoms with Crippen LogP contribution in [-0.2, 0) is 6.54 Å². The molecule has 0 saturated carbocycles. The lowest BCUT2D eigenvalue weighted by Crippen LogP contribution is -2.34. The minimum absolute atomic E-state index is 0.572. The number of nitrogens with two attached hydrogens (primary N) is 1. The van der Waals surface area contributed by atoms with E-state index >= 15 is 0 Å². The van der Waals surface area contributed by atoms with Gasteiger partial charge in [0.1, 0.15) is 12.4 Å². The lowest BCUT2D eigenvalue weighted by molar-refractivity contribution is 0.305. The van der Waals surface area contributed by atoms with E-state index < -0.39 is 0 Å². The molecule has 1 aromatic carbocycles. The Bertz CT molecular complexity index is 376. The van der Waals surface area contributed by atoms with Crippen molar-refractivity contribution in [3.63, 3.8) is 0 Å². The van der Waals surface area contributed by atoms with Gasteiger partial charge in [0.05, 0.1) is 12.2 Å². The first-order chi connectivity index (χ1) is 8.20. The molecule has 94 valence electrons. The summed E-state index contributed by atoms with van der Waals surface area (Å²) in [6.45, 7) is 7.97. The highest BCUT2D eigenvalue weighted by Crippen LogP contribution is 2.32. The number of nitrogens with zero attached hydrogens (tertiary/aromatic N) is 1. The maximum absolute atomic E-state index is 5.71. The Kier molecular flexibility index (Phi) is 3.89. The third-order valence-electron chi connectivity index (χ3n) is 3.20. The van der Waals surface area contributed by atoms with Gasteiger partial charge in [0.25, 0.3) is 0 Å². The topological polar surface area (TPSA) is 38.5 Å². The third-order valence-corrected chi connectivity index (χ3v) is 3.20. The smallest absolute Gasteiger partial charge is 0.143 e. The highest BCUT2D eigenvalue weighted by molar-refractivity contribution is 5.61. The Morgan fingerprint density at radius 1 is 1.41 bits per heavy atom. The zero-order chi connectivity index (χ0) is 12.3. The molecule has 0 radical (unpaired) electrons. The minimum Gasteiger partial charge on any atom is -0.490 e. The van der Waals surface area contributed by atoms with Gasteiger partial charge in [0, 0.05) is 13.1 Å². The van der Waals surface area contributed by atoms with E-state index in [4.69, 9.17) is 10.5 Å². The standard InChI is InChI=1S/C14H22N2O/c1-11(2)5-6-16-7-8-17-14-9-12(10-15)3-4-13(14)16/h3-4,9,11H,5-8,10,15H2,1-2H3. The number of anilines is 1. The Morgan fingerprint density at radius 2 is 2.24 bits per heavy atom. The average molecular weight is 234 g/mol. The second-order valence-corrected chi connectivity index (χ2v) is 5.02. The zero-order valence-electron chi connectivity index (χ0n) is 10.8. The van der Waals surface area contributed by atoms with Gasteiger partial charge in [-0.3, -0.25) is 0 Å². The Morgan fingerprint density at radius 3 is 2.94 bits per heavy atom. The first-order valence-electron chi connectivity index (χ1n) is 6.41. The second kappa shape index (κ2) is 5.41. The second-order valence-electron chi connectivity index (χ2n) is 5.02. The molecule has 0 aliphatic carbocycles. The summed E-state index contributed by atoms with van der Waals surface area (Å²) < 4.78 is 5.71. The molecule has 0 amide bonds. The molecule has 3 heteroatoms. The lowest BCUT2D eigenvalue weighted by Gasteiger charge is -2.32. The lowest BCUT2D eigenvalue weighted by atomic mass is 10.1. The SMILES string of the molecule is CC(C)CCN1CCOc2cc(CN)ccc21. The van der Waals surface area contributed by atoms with Gasteiger partial charge in [-0.2, -0.15) is 0 Å². The van der Waals surface area contributed by atoms with Gasteiger partial charge in [-0.1, -0.05) is 19.9 Å². The number of benzene rings is 1. The molecule has 1 aliphatic heterocycles. The maximum Gasteiger partial charge on any atom is 0.143 e. The van der Waals surface area contributed by atoms with Crippen LogP contribution in [0.25, 0.3) is 0 Å². The summed E-state index contributed by atoms with van der Waals surface area (Å²) in [6.07, 6.45) is 1.22. The molecule has 3 nitrogen and oxygen atoms in total. The van der Waals surface area contributed by atoms with Crippen molar-refractivity contribution in [2.75, 3.05) is 24.6 Å². The molecule has 0 fully saturated rings. The fourth-order valence-corrected chi connectivity index (χ4v) is 2.09. The third kappa shape index (κ3) is 2.91. The summed E-state index contributed by atoms with van der Waals surface area (Å²) in [7, 11) is 0. The Labute approximate surface area is 104 Å². The summed E-state index contributed by atoms with van der Waals surface area (Å²) in [5.41, 5.74) is 8.00. The summed E-state index contributed by atoms with van der Waals surface area (Å²) >= 11 is 0. The Balaban J connectivity index is 2.14. The van der Waals surface area contributed by atoms with Gasteiger partial charge in [0.15, 0.2) is 0 Å².